The molecule has 2 saturated carbocycles. The molecule has 1 aromatic carbocycles. The Hall–Kier alpha value is -1.97. The number of amides is 1. The number of rotatable bonds is 4. The molecule has 4 nitrogen and oxygen atoms in total. The summed E-state index contributed by atoms with van der Waals surface area (Å²) >= 11 is 0. The van der Waals surface area contributed by atoms with E-state index in [1.165, 1.54) is 24.3 Å². The van der Waals surface area contributed by atoms with Crippen molar-refractivity contribution >= 4 is 17.4 Å². The Morgan fingerprint density at radius 3 is 2.62 bits per heavy atom. The summed E-state index contributed by atoms with van der Waals surface area (Å²) in [6.07, 6.45) is 4.97. The number of carbonyl (C=O) groups excluding carboxylic acids is 2. The van der Waals surface area contributed by atoms with Crippen molar-refractivity contribution in [2.24, 2.45) is 28.3 Å². The first-order chi connectivity index (χ1) is 11.5. The van der Waals surface area contributed by atoms with Gasteiger partial charge < -0.3 is 0 Å². The summed E-state index contributed by atoms with van der Waals surface area (Å²) in [4.78, 5) is 25.6. The molecule has 4 atom stereocenters. The fourth-order valence-corrected chi connectivity index (χ4v) is 5.09. The first-order valence-corrected chi connectivity index (χ1v) is 8.96. The third-order valence-electron chi connectivity index (χ3n) is 6.57. The maximum absolute atomic E-state index is 13.1. The minimum Gasteiger partial charge on any atom is -0.292 e. The standard InChI is InChI=1S/C20H24N2O2/c1-13-20(2,17-11-14-8-9-16(17)10-14)19(24)22(21-13)12-18(23)15-6-4-3-5-7-15/h3-7,14,16-17H,8-12H2,1-2H3/t14-,16-,17+,20?/m1/s1. The molecule has 0 spiro atoms. The van der Waals surface area contributed by atoms with Gasteiger partial charge in [0.15, 0.2) is 5.78 Å². The molecule has 0 radical (unpaired) electrons. The minimum absolute atomic E-state index is 0.0156. The lowest BCUT2D eigenvalue weighted by molar-refractivity contribution is -0.138. The maximum Gasteiger partial charge on any atom is 0.255 e. The van der Waals surface area contributed by atoms with E-state index in [0.29, 0.717) is 17.4 Å². The molecule has 0 N–H and O–H groups in total. The van der Waals surface area contributed by atoms with Gasteiger partial charge in [0.1, 0.15) is 6.54 Å². The molecule has 2 fully saturated rings. The van der Waals surface area contributed by atoms with Gasteiger partial charge in [-0.25, -0.2) is 5.01 Å². The molecule has 24 heavy (non-hydrogen) atoms. The zero-order valence-corrected chi connectivity index (χ0v) is 14.4. The molecule has 126 valence electrons. The molecular weight excluding hydrogens is 300 g/mol. The van der Waals surface area contributed by atoms with E-state index >= 15 is 0 Å². The zero-order chi connectivity index (χ0) is 16.9. The summed E-state index contributed by atoms with van der Waals surface area (Å²) in [6, 6.07) is 9.13. The number of hydrogen-bond donors (Lipinski definition) is 0. The number of hydrogen-bond acceptors (Lipinski definition) is 3. The molecule has 2 bridgehead atoms. The Labute approximate surface area is 142 Å². The summed E-state index contributed by atoms with van der Waals surface area (Å²) in [5, 5.41) is 5.91. The van der Waals surface area contributed by atoms with E-state index in [1.54, 1.807) is 12.1 Å². The molecule has 1 unspecified atom stereocenters. The average molecular weight is 324 g/mol. The Bertz CT molecular complexity index is 712. The predicted molar refractivity (Wildman–Crippen MR) is 92.6 cm³/mol. The highest BCUT2D eigenvalue weighted by atomic mass is 16.2. The second kappa shape index (κ2) is 5.54. The number of benzene rings is 1. The van der Waals surface area contributed by atoms with E-state index in [0.717, 1.165) is 18.1 Å². The van der Waals surface area contributed by atoms with Crippen LogP contribution in [0.3, 0.4) is 0 Å². The molecule has 2 aliphatic carbocycles. The van der Waals surface area contributed by atoms with Crippen molar-refractivity contribution < 1.29 is 9.59 Å². The highest BCUT2D eigenvalue weighted by Crippen LogP contribution is 2.56. The lowest BCUT2D eigenvalue weighted by atomic mass is 9.66. The number of fused-ring (bicyclic) bond motifs is 2. The van der Waals surface area contributed by atoms with Crippen LogP contribution < -0.4 is 0 Å². The smallest absolute Gasteiger partial charge is 0.255 e. The van der Waals surface area contributed by atoms with Crippen molar-refractivity contribution in [1.82, 2.24) is 5.01 Å². The van der Waals surface area contributed by atoms with Crippen molar-refractivity contribution in [2.45, 2.75) is 39.5 Å². The highest BCUT2D eigenvalue weighted by Gasteiger charge is 2.57. The molecule has 3 aliphatic rings. The van der Waals surface area contributed by atoms with Crippen LogP contribution in [0.2, 0.25) is 0 Å². The second-order valence-electron chi connectivity index (χ2n) is 7.82. The van der Waals surface area contributed by atoms with Crippen LogP contribution in [-0.4, -0.2) is 29.0 Å². The van der Waals surface area contributed by atoms with Crippen LogP contribution in [0.5, 0.6) is 0 Å². The summed E-state index contributed by atoms with van der Waals surface area (Å²) < 4.78 is 0. The van der Waals surface area contributed by atoms with E-state index < -0.39 is 5.41 Å². The van der Waals surface area contributed by atoms with Crippen molar-refractivity contribution in [3.05, 3.63) is 35.9 Å². The number of Topliss-reactive ketones (excluding diaryl/α,β-unsaturated/α-hetero) is 1. The van der Waals surface area contributed by atoms with Crippen LogP contribution in [-0.2, 0) is 4.79 Å². The first-order valence-electron chi connectivity index (χ1n) is 8.96. The molecular formula is C20H24N2O2. The Kier molecular flexibility index (Phi) is 3.59. The van der Waals surface area contributed by atoms with Gasteiger partial charge in [0, 0.05) is 5.56 Å². The fraction of sp³-hybridized carbons (Fsp3) is 0.550. The largest absolute Gasteiger partial charge is 0.292 e. The third kappa shape index (κ3) is 2.23. The van der Waals surface area contributed by atoms with Gasteiger partial charge >= 0.3 is 0 Å². The molecule has 1 aromatic rings. The van der Waals surface area contributed by atoms with Crippen LogP contribution >= 0.6 is 0 Å². The van der Waals surface area contributed by atoms with Crippen LogP contribution in [0.25, 0.3) is 0 Å². The van der Waals surface area contributed by atoms with E-state index in [-0.39, 0.29) is 18.2 Å². The normalized spacial score (nSPS) is 34.8. The van der Waals surface area contributed by atoms with Crippen LogP contribution in [0.4, 0.5) is 0 Å². The van der Waals surface area contributed by atoms with Gasteiger partial charge in [-0.3, -0.25) is 9.59 Å². The summed E-state index contributed by atoms with van der Waals surface area (Å²) in [7, 11) is 0. The lowest BCUT2D eigenvalue weighted by Gasteiger charge is -2.35. The monoisotopic (exact) mass is 324 g/mol. The molecule has 4 heteroatoms. The summed E-state index contributed by atoms with van der Waals surface area (Å²) in [5.41, 5.74) is 0.995. The van der Waals surface area contributed by atoms with Gasteiger partial charge in [-0.2, -0.15) is 5.10 Å². The van der Waals surface area contributed by atoms with Gasteiger partial charge in [0.05, 0.1) is 11.1 Å². The average Bonchev–Trinajstić information content (AvgIpc) is 3.28. The Morgan fingerprint density at radius 2 is 2.00 bits per heavy atom. The van der Waals surface area contributed by atoms with E-state index in [9.17, 15) is 9.59 Å². The quantitative estimate of drug-likeness (QED) is 0.796. The van der Waals surface area contributed by atoms with Gasteiger partial charge in [0.25, 0.3) is 5.91 Å². The van der Waals surface area contributed by atoms with Crippen LogP contribution in [0.15, 0.2) is 35.4 Å². The summed E-state index contributed by atoms with van der Waals surface area (Å²) in [5.74, 6) is 1.79. The van der Waals surface area contributed by atoms with Gasteiger partial charge in [-0.1, -0.05) is 36.8 Å². The molecule has 1 aliphatic heterocycles. The summed E-state index contributed by atoms with van der Waals surface area (Å²) in [6.45, 7) is 4.04. The molecule has 4 rings (SSSR count). The molecule has 0 saturated heterocycles. The van der Waals surface area contributed by atoms with Crippen LogP contribution in [0, 0.1) is 23.2 Å². The second-order valence-corrected chi connectivity index (χ2v) is 7.82. The number of hydrazone groups is 1. The van der Waals surface area contributed by atoms with Gasteiger partial charge in [0.2, 0.25) is 0 Å². The fourth-order valence-electron chi connectivity index (χ4n) is 5.09. The van der Waals surface area contributed by atoms with Gasteiger partial charge in [-0.15, -0.1) is 0 Å². The van der Waals surface area contributed by atoms with E-state index in [4.69, 9.17) is 0 Å². The molecule has 0 aromatic heterocycles. The molecule has 1 amide bonds. The van der Waals surface area contributed by atoms with E-state index in [1.807, 2.05) is 32.0 Å². The van der Waals surface area contributed by atoms with Crippen molar-refractivity contribution in [3.8, 4) is 0 Å². The van der Waals surface area contributed by atoms with Crippen LogP contribution in [0.1, 0.15) is 49.9 Å². The Balaban J connectivity index is 1.53. The minimum atomic E-state index is -0.517. The van der Waals surface area contributed by atoms with E-state index in [2.05, 4.69) is 5.10 Å². The number of carbonyl (C=O) groups is 2. The van der Waals surface area contributed by atoms with Crippen molar-refractivity contribution in [3.63, 3.8) is 0 Å². The van der Waals surface area contributed by atoms with Crippen molar-refractivity contribution in [2.75, 3.05) is 6.54 Å². The highest BCUT2D eigenvalue weighted by molar-refractivity contribution is 6.12. The predicted octanol–water partition coefficient (Wildman–Crippen LogP) is 3.53. The number of ketones is 1. The Morgan fingerprint density at radius 1 is 1.25 bits per heavy atom. The first kappa shape index (κ1) is 15.6. The maximum atomic E-state index is 13.1. The third-order valence-corrected chi connectivity index (χ3v) is 6.57. The zero-order valence-electron chi connectivity index (χ0n) is 14.4. The lowest BCUT2D eigenvalue weighted by Crippen LogP contribution is -2.45. The molecule has 1 heterocycles. The van der Waals surface area contributed by atoms with Gasteiger partial charge in [-0.05, 0) is 50.9 Å². The SMILES string of the molecule is CC1=NN(CC(=O)c2ccccc2)C(=O)C1(C)[C@H]1C[C@@H]2CC[C@@H]1C2. The topological polar surface area (TPSA) is 49.7 Å². The van der Waals surface area contributed by atoms with Crippen molar-refractivity contribution in [1.29, 1.82) is 0 Å². The number of nitrogens with zero attached hydrogens (tertiary/aromatic N) is 2.